The number of hydrogen-bond donors (Lipinski definition) is 2. The summed E-state index contributed by atoms with van der Waals surface area (Å²) in [4.78, 5) is 10.9. The predicted molar refractivity (Wildman–Crippen MR) is 54.7 cm³/mol. The molecule has 1 rings (SSSR count). The lowest BCUT2D eigenvalue weighted by Crippen LogP contribution is -2.46. The molecule has 0 bridgehead atoms. The van der Waals surface area contributed by atoms with Crippen molar-refractivity contribution in [1.29, 1.82) is 0 Å². The van der Waals surface area contributed by atoms with E-state index in [1.54, 1.807) is 0 Å². The van der Waals surface area contributed by atoms with Gasteiger partial charge in [0.1, 0.15) is 5.60 Å². The van der Waals surface area contributed by atoms with Crippen molar-refractivity contribution in [2.24, 2.45) is 16.9 Å². The molecule has 0 aromatic rings. The van der Waals surface area contributed by atoms with Gasteiger partial charge in [-0.1, -0.05) is 20.8 Å². The maximum atomic E-state index is 10.9. The van der Waals surface area contributed by atoms with Gasteiger partial charge in [-0.05, 0) is 12.8 Å². The van der Waals surface area contributed by atoms with Gasteiger partial charge in [0.05, 0.1) is 0 Å². The summed E-state index contributed by atoms with van der Waals surface area (Å²) in [6.07, 6.45) is 1.71. The highest BCUT2D eigenvalue weighted by atomic mass is 16.6. The van der Waals surface area contributed by atoms with E-state index >= 15 is 0 Å². The van der Waals surface area contributed by atoms with Crippen molar-refractivity contribution in [2.75, 3.05) is 0 Å². The van der Waals surface area contributed by atoms with Crippen LogP contribution < -0.4 is 11.5 Å². The highest BCUT2D eigenvalue weighted by Crippen LogP contribution is 2.45. The van der Waals surface area contributed by atoms with Crippen LogP contribution in [0.4, 0.5) is 4.79 Å². The number of primary amides is 1. The van der Waals surface area contributed by atoms with Gasteiger partial charge >= 0.3 is 6.09 Å². The van der Waals surface area contributed by atoms with Gasteiger partial charge < -0.3 is 16.2 Å². The number of amides is 1. The van der Waals surface area contributed by atoms with Crippen molar-refractivity contribution >= 4 is 6.09 Å². The largest absolute Gasteiger partial charge is 0.442 e. The standard InChI is InChI=1S/C10H20N2O2/c1-9(2,3)10(14-8(12)13)5-4-7(11)6-10/h7H,4-6,11H2,1-3H3,(H2,12,13). The molecule has 1 amide bonds. The summed E-state index contributed by atoms with van der Waals surface area (Å²) in [5, 5.41) is 0. The fraction of sp³-hybridized carbons (Fsp3) is 0.900. The van der Waals surface area contributed by atoms with Crippen LogP contribution in [-0.2, 0) is 4.74 Å². The van der Waals surface area contributed by atoms with Gasteiger partial charge in [0.15, 0.2) is 0 Å². The quantitative estimate of drug-likeness (QED) is 0.671. The third-order valence-corrected chi connectivity index (χ3v) is 3.17. The first kappa shape index (κ1) is 11.3. The number of ether oxygens (including phenoxy) is 1. The average Bonchev–Trinajstić information content (AvgIpc) is 2.29. The fourth-order valence-electron chi connectivity index (χ4n) is 2.17. The molecule has 4 N–H and O–H groups in total. The van der Waals surface area contributed by atoms with E-state index in [2.05, 4.69) is 0 Å². The molecule has 1 fully saturated rings. The maximum absolute atomic E-state index is 10.9. The Balaban J connectivity index is 2.86. The maximum Gasteiger partial charge on any atom is 0.405 e. The topological polar surface area (TPSA) is 78.3 Å². The van der Waals surface area contributed by atoms with Crippen LogP contribution in [0.2, 0.25) is 0 Å². The van der Waals surface area contributed by atoms with Gasteiger partial charge in [-0.2, -0.15) is 0 Å². The zero-order valence-corrected chi connectivity index (χ0v) is 9.17. The fourth-order valence-corrected chi connectivity index (χ4v) is 2.17. The Bertz CT molecular complexity index is 235. The second-order valence-electron chi connectivity index (χ2n) is 5.17. The molecule has 1 saturated carbocycles. The summed E-state index contributed by atoms with van der Waals surface area (Å²) in [5.41, 5.74) is 10.4. The number of carbonyl (C=O) groups excluding carboxylic acids is 1. The van der Waals surface area contributed by atoms with Crippen molar-refractivity contribution in [2.45, 2.75) is 51.7 Å². The molecule has 0 aliphatic heterocycles. The molecule has 2 atom stereocenters. The van der Waals surface area contributed by atoms with Crippen LogP contribution in [-0.4, -0.2) is 17.7 Å². The molecule has 82 valence electrons. The normalized spacial score (nSPS) is 33.0. The highest BCUT2D eigenvalue weighted by molar-refractivity contribution is 5.65. The summed E-state index contributed by atoms with van der Waals surface area (Å²) in [6.45, 7) is 6.15. The first-order valence-corrected chi connectivity index (χ1v) is 5.01. The van der Waals surface area contributed by atoms with Crippen molar-refractivity contribution in [3.05, 3.63) is 0 Å². The molecule has 0 spiro atoms. The first-order chi connectivity index (χ1) is 6.27. The van der Waals surface area contributed by atoms with E-state index in [-0.39, 0.29) is 11.5 Å². The molecule has 4 heteroatoms. The van der Waals surface area contributed by atoms with E-state index in [4.69, 9.17) is 16.2 Å². The van der Waals surface area contributed by atoms with Crippen molar-refractivity contribution in [3.63, 3.8) is 0 Å². The Morgan fingerprint density at radius 3 is 2.36 bits per heavy atom. The van der Waals surface area contributed by atoms with E-state index in [0.717, 1.165) is 12.8 Å². The van der Waals surface area contributed by atoms with Crippen LogP contribution in [0.1, 0.15) is 40.0 Å². The zero-order chi connectivity index (χ0) is 11.0. The summed E-state index contributed by atoms with van der Waals surface area (Å²) >= 11 is 0. The molecule has 14 heavy (non-hydrogen) atoms. The lowest BCUT2D eigenvalue weighted by atomic mass is 9.75. The van der Waals surface area contributed by atoms with Crippen LogP contribution >= 0.6 is 0 Å². The monoisotopic (exact) mass is 200 g/mol. The SMILES string of the molecule is CC(C)(C)C1(OC(N)=O)CCC(N)C1. The summed E-state index contributed by atoms with van der Waals surface area (Å²) < 4.78 is 5.29. The van der Waals surface area contributed by atoms with Crippen LogP contribution in [0.25, 0.3) is 0 Å². The Kier molecular flexibility index (Phi) is 2.76. The van der Waals surface area contributed by atoms with Crippen molar-refractivity contribution < 1.29 is 9.53 Å². The van der Waals surface area contributed by atoms with Gasteiger partial charge in [-0.25, -0.2) is 4.79 Å². The van der Waals surface area contributed by atoms with Gasteiger partial charge in [-0.15, -0.1) is 0 Å². The van der Waals surface area contributed by atoms with Crippen LogP contribution in [0.15, 0.2) is 0 Å². The molecule has 2 unspecified atom stereocenters. The van der Waals surface area contributed by atoms with Gasteiger partial charge in [-0.3, -0.25) is 0 Å². The van der Waals surface area contributed by atoms with Gasteiger partial charge in [0, 0.05) is 17.9 Å². The molecular weight excluding hydrogens is 180 g/mol. The second-order valence-corrected chi connectivity index (χ2v) is 5.17. The van der Waals surface area contributed by atoms with Crippen LogP contribution in [0, 0.1) is 5.41 Å². The molecule has 0 aromatic carbocycles. The van der Waals surface area contributed by atoms with Gasteiger partial charge in [0.2, 0.25) is 0 Å². The second kappa shape index (κ2) is 3.42. The zero-order valence-electron chi connectivity index (χ0n) is 9.17. The number of hydrogen-bond acceptors (Lipinski definition) is 3. The molecule has 4 nitrogen and oxygen atoms in total. The number of carbonyl (C=O) groups is 1. The summed E-state index contributed by atoms with van der Waals surface area (Å²) in [7, 11) is 0. The smallest absolute Gasteiger partial charge is 0.405 e. The minimum atomic E-state index is -0.700. The van der Waals surface area contributed by atoms with E-state index in [0.29, 0.717) is 6.42 Å². The first-order valence-electron chi connectivity index (χ1n) is 5.01. The minimum absolute atomic E-state index is 0.115. The van der Waals surface area contributed by atoms with E-state index in [9.17, 15) is 4.79 Å². The minimum Gasteiger partial charge on any atom is -0.442 e. The molecule has 0 heterocycles. The number of nitrogens with two attached hydrogens (primary N) is 2. The molecular formula is C10H20N2O2. The Labute approximate surface area is 85.0 Å². The lowest BCUT2D eigenvalue weighted by Gasteiger charge is -2.40. The molecule has 0 radical (unpaired) electrons. The lowest BCUT2D eigenvalue weighted by molar-refractivity contribution is -0.0602. The average molecular weight is 200 g/mol. The third kappa shape index (κ3) is 2.00. The van der Waals surface area contributed by atoms with E-state index < -0.39 is 11.7 Å². The Hall–Kier alpha value is -0.770. The van der Waals surface area contributed by atoms with Crippen molar-refractivity contribution in [3.8, 4) is 0 Å². The summed E-state index contributed by atoms with van der Waals surface area (Å²) in [6, 6.07) is 0.119. The Morgan fingerprint density at radius 1 is 1.50 bits per heavy atom. The molecule has 0 saturated heterocycles. The Morgan fingerprint density at radius 2 is 2.07 bits per heavy atom. The molecule has 0 aromatic heterocycles. The van der Waals surface area contributed by atoms with Crippen molar-refractivity contribution in [1.82, 2.24) is 0 Å². The highest BCUT2D eigenvalue weighted by Gasteiger charge is 2.49. The van der Waals surface area contributed by atoms with E-state index in [1.165, 1.54) is 0 Å². The third-order valence-electron chi connectivity index (χ3n) is 3.17. The summed E-state index contributed by atoms with van der Waals surface area (Å²) in [5.74, 6) is 0. The molecule has 1 aliphatic carbocycles. The van der Waals surface area contributed by atoms with Gasteiger partial charge in [0.25, 0.3) is 0 Å². The predicted octanol–water partition coefficient (Wildman–Crippen LogP) is 1.38. The van der Waals surface area contributed by atoms with E-state index in [1.807, 2.05) is 20.8 Å². The molecule has 1 aliphatic rings. The van der Waals surface area contributed by atoms with Crippen LogP contribution in [0.5, 0.6) is 0 Å². The van der Waals surface area contributed by atoms with Crippen LogP contribution in [0.3, 0.4) is 0 Å². The number of rotatable bonds is 1.